The molecule has 0 saturated heterocycles. The van der Waals surface area contributed by atoms with Crippen LogP contribution in [0, 0.1) is 0 Å². The Balaban J connectivity index is 4.17. The number of quaternary nitrogens is 1. The number of ether oxygens (including phenoxy) is 3. The van der Waals surface area contributed by atoms with Gasteiger partial charge in [0.1, 0.15) is 12.6 Å². The highest BCUT2D eigenvalue weighted by Gasteiger charge is 2.25. The average Bonchev–Trinajstić information content (AvgIpc) is 3.26. The first kappa shape index (κ1) is 61.8. The van der Waals surface area contributed by atoms with Gasteiger partial charge in [0.15, 0.2) is 6.10 Å². The number of carbonyl (C=O) groups excluding carboxylic acids is 3. The Bertz CT molecular complexity index is 1100. The van der Waals surface area contributed by atoms with Gasteiger partial charge in [0.25, 0.3) is 0 Å². The number of carboxylic acids is 1. The van der Waals surface area contributed by atoms with Gasteiger partial charge in [-0.25, -0.2) is 0 Å². The van der Waals surface area contributed by atoms with E-state index in [1.807, 2.05) is 21.1 Å². The van der Waals surface area contributed by atoms with Crippen molar-refractivity contribution >= 4 is 17.9 Å². The molecular formula is C56H105NO7. The van der Waals surface area contributed by atoms with Crippen LogP contribution < -0.4 is 5.11 Å². The van der Waals surface area contributed by atoms with E-state index in [1.165, 1.54) is 180 Å². The number of carbonyl (C=O) groups is 3. The van der Waals surface area contributed by atoms with E-state index in [0.29, 0.717) is 12.8 Å². The summed E-state index contributed by atoms with van der Waals surface area (Å²) in [5.74, 6) is -1.72. The molecule has 0 fully saturated rings. The molecule has 376 valence electrons. The largest absolute Gasteiger partial charge is 0.544 e. The van der Waals surface area contributed by atoms with Crippen molar-refractivity contribution in [2.24, 2.45) is 0 Å². The smallest absolute Gasteiger partial charge is 0.306 e. The van der Waals surface area contributed by atoms with Crippen molar-refractivity contribution in [1.82, 2.24) is 0 Å². The van der Waals surface area contributed by atoms with Crippen LogP contribution in [0.15, 0.2) is 24.3 Å². The summed E-state index contributed by atoms with van der Waals surface area (Å²) in [6.45, 7) is 4.69. The first-order valence-electron chi connectivity index (χ1n) is 27.4. The van der Waals surface area contributed by atoms with Gasteiger partial charge in [0, 0.05) is 19.3 Å². The van der Waals surface area contributed by atoms with Crippen molar-refractivity contribution in [3.05, 3.63) is 24.3 Å². The zero-order valence-electron chi connectivity index (χ0n) is 43.0. The number of allylic oxidation sites excluding steroid dienone is 4. The second-order valence-corrected chi connectivity index (χ2v) is 19.8. The van der Waals surface area contributed by atoms with Gasteiger partial charge in [-0.2, -0.15) is 0 Å². The van der Waals surface area contributed by atoms with Crippen molar-refractivity contribution < 1.29 is 38.2 Å². The van der Waals surface area contributed by atoms with Crippen LogP contribution >= 0.6 is 0 Å². The molecule has 0 amide bonds. The van der Waals surface area contributed by atoms with Crippen LogP contribution in [0.4, 0.5) is 0 Å². The summed E-state index contributed by atoms with van der Waals surface area (Å²) in [4.78, 5) is 37.1. The molecule has 0 saturated carbocycles. The van der Waals surface area contributed by atoms with Gasteiger partial charge in [0.2, 0.25) is 0 Å². The van der Waals surface area contributed by atoms with Crippen LogP contribution in [0.1, 0.15) is 264 Å². The molecule has 0 aliphatic carbocycles. The average molecular weight is 904 g/mol. The molecule has 2 unspecified atom stereocenters. The fraction of sp³-hybridized carbons (Fsp3) is 0.875. The lowest BCUT2D eigenvalue weighted by Crippen LogP contribution is -2.55. The Labute approximate surface area is 396 Å². The monoisotopic (exact) mass is 904 g/mol. The molecule has 0 radical (unpaired) electrons. The van der Waals surface area contributed by atoms with E-state index in [2.05, 4.69) is 38.2 Å². The summed E-state index contributed by atoms with van der Waals surface area (Å²) in [6, 6.07) is -0.725. The highest BCUT2D eigenvalue weighted by Crippen LogP contribution is 2.17. The molecule has 2 atom stereocenters. The number of esters is 2. The van der Waals surface area contributed by atoms with Crippen molar-refractivity contribution in [3.63, 3.8) is 0 Å². The Morgan fingerprint density at radius 2 is 0.828 bits per heavy atom. The number of likely N-dealkylation sites (N-methyl/N-ethyl adjacent to an activating group) is 1. The molecule has 0 aromatic rings. The fourth-order valence-corrected chi connectivity index (χ4v) is 8.34. The van der Waals surface area contributed by atoms with Crippen LogP contribution in [-0.4, -0.2) is 75.5 Å². The highest BCUT2D eigenvalue weighted by atomic mass is 16.6. The van der Waals surface area contributed by atoms with Crippen molar-refractivity contribution in [2.75, 3.05) is 41.0 Å². The molecule has 0 N–H and O–H groups in total. The maximum Gasteiger partial charge on any atom is 0.306 e. The topological polar surface area (TPSA) is 102 Å². The molecule has 0 aliphatic heterocycles. The van der Waals surface area contributed by atoms with E-state index >= 15 is 0 Å². The maximum absolute atomic E-state index is 12.8. The minimum Gasteiger partial charge on any atom is -0.544 e. The summed E-state index contributed by atoms with van der Waals surface area (Å²) in [5.41, 5.74) is 0. The number of aliphatic carboxylic acids is 1. The molecule has 0 rings (SSSR count). The standard InChI is InChI=1S/C56H105NO7/c1-6-8-10-12-14-16-18-20-22-24-26-27-28-29-31-32-34-36-38-40-42-44-46-54(58)63-51-52(50-62-49-48-53(56(60)61)57(3,4)5)64-55(59)47-45-43-41-39-37-35-33-30-25-23-21-19-17-15-13-11-9-7-2/h17,19,23,25,52-53H,6-16,18,20-22,24,26-51H2,1-5H3/b19-17-,25-23-. The summed E-state index contributed by atoms with van der Waals surface area (Å²) in [7, 11) is 5.42. The van der Waals surface area contributed by atoms with Crippen LogP contribution in [0.3, 0.4) is 0 Å². The number of carboxylic acid groups (broad SMARTS) is 1. The molecule has 8 nitrogen and oxygen atoms in total. The van der Waals surface area contributed by atoms with E-state index in [0.717, 1.165) is 51.4 Å². The minimum atomic E-state index is -1.12. The first-order chi connectivity index (χ1) is 31.1. The molecule has 0 bridgehead atoms. The molecular weight excluding hydrogens is 799 g/mol. The maximum atomic E-state index is 12.8. The Morgan fingerprint density at radius 1 is 0.469 bits per heavy atom. The van der Waals surface area contributed by atoms with E-state index in [4.69, 9.17) is 14.2 Å². The van der Waals surface area contributed by atoms with Crippen LogP contribution in [0.5, 0.6) is 0 Å². The first-order valence-corrected chi connectivity index (χ1v) is 27.4. The minimum absolute atomic E-state index is 0.0420. The third kappa shape index (κ3) is 45.0. The number of nitrogens with zero attached hydrogens (tertiary/aromatic N) is 1. The summed E-state index contributed by atoms with van der Waals surface area (Å²) in [6.07, 6.45) is 55.0. The SMILES string of the molecule is CCCCCC/C=C\C/C=C\CCCCCCCCCC(=O)OC(COCCC(C(=O)[O-])[N+](C)(C)C)COC(=O)CCCCCCCCCCCCCCCCCCCCCCCC. The van der Waals surface area contributed by atoms with Gasteiger partial charge < -0.3 is 28.6 Å². The second-order valence-electron chi connectivity index (χ2n) is 19.8. The third-order valence-electron chi connectivity index (χ3n) is 12.6. The lowest BCUT2D eigenvalue weighted by atomic mass is 10.0. The van der Waals surface area contributed by atoms with Gasteiger partial charge in [-0.15, -0.1) is 0 Å². The summed E-state index contributed by atoms with van der Waals surface area (Å²) < 4.78 is 17.3. The third-order valence-corrected chi connectivity index (χ3v) is 12.6. The van der Waals surface area contributed by atoms with Gasteiger partial charge in [-0.1, -0.05) is 224 Å². The number of unbranched alkanes of at least 4 members (excludes halogenated alkanes) is 32. The van der Waals surface area contributed by atoms with Crippen LogP contribution in [0.25, 0.3) is 0 Å². The Kier molecular flexibility index (Phi) is 45.7. The van der Waals surface area contributed by atoms with Crippen molar-refractivity contribution in [1.29, 1.82) is 0 Å². The number of hydrogen-bond acceptors (Lipinski definition) is 7. The Morgan fingerprint density at radius 3 is 1.22 bits per heavy atom. The quantitative estimate of drug-likeness (QED) is 0.0259. The summed E-state index contributed by atoms with van der Waals surface area (Å²) in [5, 5.41) is 11.7. The van der Waals surface area contributed by atoms with Gasteiger partial charge in [-0.3, -0.25) is 9.59 Å². The number of hydrogen-bond donors (Lipinski definition) is 0. The predicted octanol–water partition coefficient (Wildman–Crippen LogP) is 14.6. The number of rotatable bonds is 50. The zero-order valence-corrected chi connectivity index (χ0v) is 43.0. The predicted molar refractivity (Wildman–Crippen MR) is 268 cm³/mol. The molecule has 8 heteroatoms. The van der Waals surface area contributed by atoms with E-state index in [9.17, 15) is 19.5 Å². The van der Waals surface area contributed by atoms with Gasteiger partial charge in [0.05, 0.1) is 40.3 Å². The molecule has 0 aliphatic rings. The molecule has 0 aromatic carbocycles. The van der Waals surface area contributed by atoms with Gasteiger partial charge >= 0.3 is 11.9 Å². The lowest BCUT2D eigenvalue weighted by Gasteiger charge is -2.34. The molecule has 64 heavy (non-hydrogen) atoms. The second kappa shape index (κ2) is 47.3. The van der Waals surface area contributed by atoms with E-state index in [-0.39, 0.29) is 42.7 Å². The normalized spacial score (nSPS) is 13.0. The van der Waals surface area contributed by atoms with E-state index in [1.54, 1.807) is 0 Å². The lowest BCUT2D eigenvalue weighted by molar-refractivity contribution is -0.889. The Hall–Kier alpha value is -2.19. The van der Waals surface area contributed by atoms with E-state index < -0.39 is 18.1 Å². The van der Waals surface area contributed by atoms with Crippen molar-refractivity contribution in [3.8, 4) is 0 Å². The fourth-order valence-electron chi connectivity index (χ4n) is 8.34. The molecule has 0 spiro atoms. The molecule has 0 heterocycles. The summed E-state index contributed by atoms with van der Waals surface area (Å²) >= 11 is 0. The van der Waals surface area contributed by atoms with Crippen molar-refractivity contribution in [2.45, 2.75) is 276 Å². The van der Waals surface area contributed by atoms with Crippen LogP contribution in [0.2, 0.25) is 0 Å². The zero-order chi connectivity index (χ0) is 47.0. The van der Waals surface area contributed by atoms with Gasteiger partial charge in [-0.05, 0) is 44.9 Å². The molecule has 0 aromatic heterocycles. The van der Waals surface area contributed by atoms with Crippen LogP contribution in [-0.2, 0) is 28.6 Å². The highest BCUT2D eigenvalue weighted by molar-refractivity contribution is 5.70.